The number of aliphatic hydroxyl groups is 1. The van der Waals surface area contributed by atoms with Crippen molar-refractivity contribution < 1.29 is 19.8 Å². The third-order valence-electron chi connectivity index (χ3n) is 2.44. The van der Waals surface area contributed by atoms with Crippen LogP contribution < -0.4 is 10.6 Å². The minimum absolute atomic E-state index is 0.327. The lowest BCUT2D eigenvalue weighted by atomic mass is 10.2. The molecule has 7 heteroatoms. The molecule has 1 aromatic rings. The number of carbonyl (C=O) groups is 2. The normalized spacial score (nSPS) is 13.7. The Bertz CT molecular complexity index is 430. The van der Waals surface area contributed by atoms with Gasteiger partial charge in [0.15, 0.2) is 6.04 Å². The van der Waals surface area contributed by atoms with E-state index in [1.807, 2.05) is 17.7 Å². The number of aliphatic carboxylic acids is 1. The van der Waals surface area contributed by atoms with Gasteiger partial charge < -0.3 is 20.8 Å². The van der Waals surface area contributed by atoms with Gasteiger partial charge in [0.25, 0.3) is 0 Å². The van der Waals surface area contributed by atoms with Crippen LogP contribution in [-0.4, -0.2) is 34.4 Å². The van der Waals surface area contributed by atoms with Gasteiger partial charge in [-0.1, -0.05) is 0 Å². The van der Waals surface area contributed by atoms with Gasteiger partial charge in [-0.25, -0.2) is 9.59 Å². The monoisotopic (exact) mass is 272 g/mol. The summed E-state index contributed by atoms with van der Waals surface area (Å²) in [6, 6.07) is -1.93. The maximum atomic E-state index is 11.5. The van der Waals surface area contributed by atoms with Crippen LogP contribution in [0.3, 0.4) is 0 Å². The molecule has 1 rings (SSSR count). The predicted molar refractivity (Wildman–Crippen MR) is 67.5 cm³/mol. The lowest BCUT2D eigenvalue weighted by molar-refractivity contribution is -0.141. The number of rotatable bonds is 5. The Kier molecular flexibility index (Phi) is 5.11. The van der Waals surface area contributed by atoms with Crippen LogP contribution in [-0.2, 0) is 11.3 Å². The van der Waals surface area contributed by atoms with Gasteiger partial charge in [-0.05, 0) is 35.7 Å². The molecule has 0 unspecified atom stereocenters. The van der Waals surface area contributed by atoms with Crippen molar-refractivity contribution in [2.45, 2.75) is 32.5 Å². The van der Waals surface area contributed by atoms with Crippen molar-refractivity contribution in [3.63, 3.8) is 0 Å². The van der Waals surface area contributed by atoms with Crippen LogP contribution in [0, 0.1) is 6.92 Å². The summed E-state index contributed by atoms with van der Waals surface area (Å²) in [5, 5.41) is 26.6. The van der Waals surface area contributed by atoms with Crippen molar-refractivity contribution in [3.05, 3.63) is 21.9 Å². The van der Waals surface area contributed by atoms with E-state index in [0.717, 1.165) is 11.1 Å². The number of carbonyl (C=O) groups excluding carboxylic acids is 1. The number of carboxylic acid groups (broad SMARTS) is 1. The molecule has 18 heavy (non-hydrogen) atoms. The minimum Gasteiger partial charge on any atom is -0.480 e. The second-order valence-corrected chi connectivity index (χ2v) is 4.71. The van der Waals surface area contributed by atoms with E-state index in [9.17, 15) is 14.7 Å². The molecule has 4 N–H and O–H groups in total. The quantitative estimate of drug-likeness (QED) is 0.633. The summed E-state index contributed by atoms with van der Waals surface area (Å²) in [5.74, 6) is -1.27. The molecule has 100 valence electrons. The molecular weight excluding hydrogens is 256 g/mol. The van der Waals surface area contributed by atoms with Crippen molar-refractivity contribution >= 4 is 23.3 Å². The van der Waals surface area contributed by atoms with Gasteiger partial charge in [0, 0.05) is 6.54 Å². The highest BCUT2D eigenvalue weighted by atomic mass is 32.1. The van der Waals surface area contributed by atoms with Gasteiger partial charge in [0.05, 0.1) is 6.10 Å². The first kappa shape index (κ1) is 14.5. The lowest BCUT2D eigenvalue weighted by Gasteiger charge is -2.17. The second-order valence-electron chi connectivity index (χ2n) is 3.96. The van der Waals surface area contributed by atoms with E-state index in [1.165, 1.54) is 18.3 Å². The van der Waals surface area contributed by atoms with Crippen molar-refractivity contribution in [3.8, 4) is 0 Å². The molecule has 0 aliphatic rings. The SMILES string of the molecule is Cc1cscc1CNC(=O)N[C@H](C(=O)O)[C@@H](C)O. The standard InChI is InChI=1S/C11H16N2O4S/c1-6-4-18-5-8(6)3-12-11(17)13-9(7(2)14)10(15)16/h4-5,7,9,14H,3H2,1-2H3,(H,15,16)(H2,12,13,17)/t7-,9+/m1/s1. The van der Waals surface area contributed by atoms with Crippen LogP contribution in [0.2, 0.25) is 0 Å². The molecule has 0 aromatic carbocycles. The lowest BCUT2D eigenvalue weighted by Crippen LogP contribution is -2.50. The summed E-state index contributed by atoms with van der Waals surface area (Å²) in [4.78, 5) is 22.2. The molecule has 0 saturated carbocycles. The smallest absolute Gasteiger partial charge is 0.328 e. The van der Waals surface area contributed by atoms with Crippen molar-refractivity contribution in [1.82, 2.24) is 10.6 Å². The molecule has 2 amide bonds. The number of amides is 2. The fourth-order valence-electron chi connectivity index (χ4n) is 1.32. The number of aliphatic hydroxyl groups excluding tert-OH is 1. The molecule has 1 heterocycles. The van der Waals surface area contributed by atoms with E-state index < -0.39 is 24.1 Å². The first-order valence-electron chi connectivity index (χ1n) is 5.38. The molecule has 0 spiro atoms. The molecule has 2 atom stereocenters. The van der Waals surface area contributed by atoms with E-state index in [-0.39, 0.29) is 0 Å². The highest BCUT2D eigenvalue weighted by Crippen LogP contribution is 2.12. The Hall–Kier alpha value is -1.60. The molecule has 0 saturated heterocycles. The zero-order chi connectivity index (χ0) is 13.7. The largest absolute Gasteiger partial charge is 0.480 e. The molecule has 0 radical (unpaired) electrons. The number of aryl methyl sites for hydroxylation is 1. The van der Waals surface area contributed by atoms with Gasteiger partial charge >= 0.3 is 12.0 Å². The van der Waals surface area contributed by atoms with Crippen LogP contribution in [0.15, 0.2) is 10.8 Å². The summed E-state index contributed by atoms with van der Waals surface area (Å²) >= 11 is 1.54. The van der Waals surface area contributed by atoms with Gasteiger partial charge in [-0.2, -0.15) is 11.3 Å². The number of hydrogen-bond donors (Lipinski definition) is 4. The molecule has 0 bridgehead atoms. The Morgan fingerprint density at radius 3 is 2.56 bits per heavy atom. The van der Waals surface area contributed by atoms with E-state index in [4.69, 9.17) is 5.11 Å². The molecular formula is C11H16N2O4S. The second kappa shape index (κ2) is 6.36. The van der Waals surface area contributed by atoms with Crippen LogP contribution in [0.5, 0.6) is 0 Å². The van der Waals surface area contributed by atoms with Crippen molar-refractivity contribution in [1.29, 1.82) is 0 Å². The predicted octanol–water partition coefficient (Wildman–Crippen LogP) is 0.690. The number of hydrogen-bond acceptors (Lipinski definition) is 4. The third-order valence-corrected chi connectivity index (χ3v) is 3.35. The van der Waals surface area contributed by atoms with Gasteiger partial charge in [-0.3, -0.25) is 0 Å². The Morgan fingerprint density at radius 1 is 1.44 bits per heavy atom. The van der Waals surface area contributed by atoms with E-state index in [1.54, 1.807) is 0 Å². The third kappa shape index (κ3) is 4.01. The van der Waals surface area contributed by atoms with Gasteiger partial charge in [-0.15, -0.1) is 0 Å². The molecule has 0 aliphatic carbocycles. The Balaban J connectivity index is 2.46. The fourth-order valence-corrected chi connectivity index (χ4v) is 2.18. The summed E-state index contributed by atoms with van der Waals surface area (Å²) in [5.41, 5.74) is 2.06. The molecule has 0 aliphatic heterocycles. The van der Waals surface area contributed by atoms with Crippen molar-refractivity contribution in [2.75, 3.05) is 0 Å². The average molecular weight is 272 g/mol. The zero-order valence-corrected chi connectivity index (χ0v) is 11.0. The molecule has 6 nitrogen and oxygen atoms in total. The van der Waals surface area contributed by atoms with Crippen LogP contribution in [0.4, 0.5) is 4.79 Å². The highest BCUT2D eigenvalue weighted by Gasteiger charge is 2.24. The topological polar surface area (TPSA) is 98.7 Å². The van der Waals surface area contributed by atoms with Gasteiger partial charge in [0.2, 0.25) is 0 Å². The van der Waals surface area contributed by atoms with Crippen molar-refractivity contribution in [2.24, 2.45) is 0 Å². The average Bonchev–Trinajstić information content (AvgIpc) is 2.68. The van der Waals surface area contributed by atoms with E-state index in [2.05, 4.69) is 10.6 Å². The maximum Gasteiger partial charge on any atom is 0.328 e. The fraction of sp³-hybridized carbons (Fsp3) is 0.455. The first-order valence-corrected chi connectivity index (χ1v) is 6.33. The summed E-state index contributed by atoms with van der Waals surface area (Å²) in [6.45, 7) is 3.57. The van der Waals surface area contributed by atoms with Gasteiger partial charge in [0.1, 0.15) is 0 Å². The number of urea groups is 1. The van der Waals surface area contributed by atoms with Crippen LogP contribution in [0.1, 0.15) is 18.1 Å². The number of thiophene rings is 1. The highest BCUT2D eigenvalue weighted by molar-refractivity contribution is 7.08. The summed E-state index contributed by atoms with van der Waals surface area (Å²) < 4.78 is 0. The number of nitrogens with one attached hydrogen (secondary N) is 2. The minimum atomic E-state index is -1.31. The van der Waals surface area contributed by atoms with E-state index >= 15 is 0 Å². The summed E-state index contributed by atoms with van der Waals surface area (Å²) in [7, 11) is 0. The summed E-state index contributed by atoms with van der Waals surface area (Å²) in [6.07, 6.45) is -1.16. The maximum absolute atomic E-state index is 11.5. The van der Waals surface area contributed by atoms with Crippen LogP contribution in [0.25, 0.3) is 0 Å². The first-order chi connectivity index (χ1) is 8.41. The zero-order valence-electron chi connectivity index (χ0n) is 10.1. The Morgan fingerprint density at radius 2 is 2.11 bits per heavy atom. The molecule has 1 aromatic heterocycles. The Labute approximate surface area is 109 Å². The van der Waals surface area contributed by atoms with E-state index in [0.29, 0.717) is 6.54 Å². The van der Waals surface area contributed by atoms with Crippen LogP contribution >= 0.6 is 11.3 Å². The number of carboxylic acids is 1. The molecule has 0 fully saturated rings.